The summed E-state index contributed by atoms with van der Waals surface area (Å²) in [6, 6.07) is 19.2. The minimum Gasteiger partial charge on any atom is -0.439 e. The molecule has 0 bridgehead atoms. The molecule has 136 valence electrons. The molecule has 0 radical (unpaired) electrons. The Kier molecular flexibility index (Phi) is 4.59. The summed E-state index contributed by atoms with van der Waals surface area (Å²) in [5, 5.41) is 3.03. The van der Waals surface area contributed by atoms with Gasteiger partial charge < -0.3 is 10.1 Å². The third kappa shape index (κ3) is 3.82. The minimum atomic E-state index is -0.387. The third-order valence-electron chi connectivity index (χ3n) is 4.80. The number of rotatable bonds is 6. The zero-order chi connectivity index (χ0) is 18.7. The Labute approximate surface area is 157 Å². The number of nitrogens with one attached hydrogen (secondary N) is 1. The first kappa shape index (κ1) is 17.2. The normalized spacial score (nSPS) is 14.4. The summed E-state index contributed by atoms with van der Waals surface area (Å²) in [5.41, 5.74) is 1.57. The van der Waals surface area contributed by atoms with Gasteiger partial charge in [0.25, 0.3) is 0 Å². The van der Waals surface area contributed by atoms with Crippen LogP contribution in [0.2, 0.25) is 0 Å². The number of amides is 1. The molecule has 1 N–H and O–H groups in total. The lowest BCUT2D eigenvalue weighted by atomic mass is 9.95. The van der Waals surface area contributed by atoms with Crippen LogP contribution in [-0.4, -0.2) is 10.9 Å². The second kappa shape index (κ2) is 7.19. The molecule has 0 spiro atoms. The molecule has 0 unspecified atom stereocenters. The van der Waals surface area contributed by atoms with Crippen molar-refractivity contribution in [1.29, 1.82) is 0 Å². The van der Waals surface area contributed by atoms with E-state index in [9.17, 15) is 9.18 Å². The highest BCUT2D eigenvalue weighted by atomic mass is 19.1. The summed E-state index contributed by atoms with van der Waals surface area (Å²) in [6.07, 6.45) is 3.38. The van der Waals surface area contributed by atoms with Crippen LogP contribution in [0.4, 0.5) is 4.39 Å². The predicted molar refractivity (Wildman–Crippen MR) is 99.9 cm³/mol. The van der Waals surface area contributed by atoms with Gasteiger partial charge in [-0.2, -0.15) is 0 Å². The molecule has 1 heterocycles. The van der Waals surface area contributed by atoms with Crippen molar-refractivity contribution in [3.63, 3.8) is 0 Å². The molecule has 1 aliphatic carbocycles. The zero-order valence-electron chi connectivity index (χ0n) is 14.7. The van der Waals surface area contributed by atoms with E-state index in [1.807, 2.05) is 36.4 Å². The fourth-order valence-corrected chi connectivity index (χ4v) is 3.12. The lowest BCUT2D eigenvalue weighted by molar-refractivity contribution is -0.123. The number of hydrogen-bond donors (Lipinski definition) is 1. The summed E-state index contributed by atoms with van der Waals surface area (Å²) >= 11 is 0. The van der Waals surface area contributed by atoms with E-state index >= 15 is 0 Å². The molecule has 5 heteroatoms. The van der Waals surface area contributed by atoms with Crippen molar-refractivity contribution in [2.45, 2.75) is 24.8 Å². The highest BCUT2D eigenvalue weighted by Crippen LogP contribution is 2.48. The van der Waals surface area contributed by atoms with Gasteiger partial charge in [0.05, 0.1) is 5.41 Å². The van der Waals surface area contributed by atoms with Gasteiger partial charge in [0.2, 0.25) is 11.8 Å². The van der Waals surface area contributed by atoms with E-state index in [-0.39, 0.29) is 17.1 Å². The van der Waals surface area contributed by atoms with Gasteiger partial charge in [-0.05, 0) is 54.3 Å². The molecule has 3 aromatic rings. The van der Waals surface area contributed by atoms with E-state index in [0.29, 0.717) is 18.2 Å². The number of carbonyl (C=O) groups excluding carboxylic acids is 1. The van der Waals surface area contributed by atoms with Gasteiger partial charge in [0.1, 0.15) is 11.6 Å². The van der Waals surface area contributed by atoms with Crippen LogP contribution in [0.1, 0.15) is 24.0 Å². The molecule has 2 aromatic carbocycles. The Hall–Kier alpha value is -3.21. The van der Waals surface area contributed by atoms with Crippen molar-refractivity contribution in [3.05, 3.63) is 89.9 Å². The van der Waals surface area contributed by atoms with Crippen LogP contribution in [0, 0.1) is 5.82 Å². The van der Waals surface area contributed by atoms with Gasteiger partial charge in [-0.15, -0.1) is 0 Å². The number of ether oxygens (including phenoxy) is 1. The van der Waals surface area contributed by atoms with E-state index in [1.165, 1.54) is 12.1 Å². The van der Waals surface area contributed by atoms with E-state index in [0.717, 1.165) is 24.0 Å². The van der Waals surface area contributed by atoms with Crippen LogP contribution in [0.3, 0.4) is 0 Å². The Bertz CT molecular complexity index is 938. The van der Waals surface area contributed by atoms with Crippen LogP contribution in [0.5, 0.6) is 11.6 Å². The van der Waals surface area contributed by atoms with Crippen molar-refractivity contribution < 1.29 is 13.9 Å². The van der Waals surface area contributed by atoms with Crippen molar-refractivity contribution in [1.82, 2.24) is 10.3 Å². The molecule has 4 rings (SSSR count). The molecule has 0 aliphatic heterocycles. The topological polar surface area (TPSA) is 51.2 Å². The monoisotopic (exact) mass is 362 g/mol. The number of pyridine rings is 1. The van der Waals surface area contributed by atoms with Gasteiger partial charge in [0, 0.05) is 18.8 Å². The Morgan fingerprint density at radius 2 is 1.81 bits per heavy atom. The second-order valence-electron chi connectivity index (χ2n) is 6.69. The van der Waals surface area contributed by atoms with Crippen molar-refractivity contribution in [3.8, 4) is 11.6 Å². The number of nitrogens with zero attached hydrogens (tertiary/aromatic N) is 1. The highest BCUT2D eigenvalue weighted by molar-refractivity contribution is 5.91. The smallest absolute Gasteiger partial charge is 0.230 e. The molecular weight excluding hydrogens is 343 g/mol. The predicted octanol–water partition coefficient (Wildman–Crippen LogP) is 4.36. The molecule has 4 nitrogen and oxygen atoms in total. The van der Waals surface area contributed by atoms with Crippen LogP contribution in [0.15, 0.2) is 72.9 Å². The standard InChI is InChI=1S/C22H19FN2O2/c23-18-6-8-19(9-7-18)27-20-14-16(10-13-24-20)15-25-21(26)22(11-12-22)17-4-2-1-3-5-17/h1-10,13-14H,11-12,15H2,(H,25,26). The molecule has 1 amide bonds. The molecular formula is C22H19FN2O2. The maximum absolute atomic E-state index is 13.0. The summed E-state index contributed by atoms with van der Waals surface area (Å²) in [5.74, 6) is 0.634. The number of benzene rings is 2. The largest absolute Gasteiger partial charge is 0.439 e. The maximum atomic E-state index is 13.0. The number of aromatic nitrogens is 1. The number of carbonyl (C=O) groups is 1. The summed E-state index contributed by atoms with van der Waals surface area (Å²) in [4.78, 5) is 16.9. The SMILES string of the molecule is O=C(NCc1ccnc(Oc2ccc(F)cc2)c1)C1(c2ccccc2)CC1. The van der Waals surface area contributed by atoms with Crippen molar-refractivity contribution in [2.24, 2.45) is 0 Å². The molecule has 1 fully saturated rings. The van der Waals surface area contributed by atoms with Crippen LogP contribution in [0.25, 0.3) is 0 Å². The zero-order valence-corrected chi connectivity index (χ0v) is 14.7. The molecule has 1 aromatic heterocycles. The Balaban J connectivity index is 1.40. The Morgan fingerprint density at radius 1 is 1.07 bits per heavy atom. The van der Waals surface area contributed by atoms with Crippen molar-refractivity contribution >= 4 is 5.91 Å². The van der Waals surface area contributed by atoms with Gasteiger partial charge in [-0.1, -0.05) is 30.3 Å². The van der Waals surface area contributed by atoms with Gasteiger partial charge in [-0.3, -0.25) is 4.79 Å². The number of halogens is 1. The highest BCUT2D eigenvalue weighted by Gasteiger charge is 2.50. The average Bonchev–Trinajstić information content (AvgIpc) is 3.51. The van der Waals surface area contributed by atoms with E-state index in [2.05, 4.69) is 10.3 Å². The Morgan fingerprint density at radius 3 is 2.52 bits per heavy atom. The molecule has 0 saturated heterocycles. The number of hydrogen-bond acceptors (Lipinski definition) is 3. The van der Waals surface area contributed by atoms with Crippen molar-refractivity contribution in [2.75, 3.05) is 0 Å². The summed E-state index contributed by atoms with van der Waals surface area (Å²) in [7, 11) is 0. The first-order valence-corrected chi connectivity index (χ1v) is 8.88. The molecule has 1 saturated carbocycles. The molecule has 0 atom stereocenters. The molecule has 27 heavy (non-hydrogen) atoms. The average molecular weight is 362 g/mol. The van der Waals surface area contributed by atoms with Gasteiger partial charge in [-0.25, -0.2) is 9.37 Å². The fourth-order valence-electron chi connectivity index (χ4n) is 3.12. The third-order valence-corrected chi connectivity index (χ3v) is 4.80. The summed E-state index contributed by atoms with van der Waals surface area (Å²) in [6.45, 7) is 0.399. The fraction of sp³-hybridized carbons (Fsp3) is 0.182. The quantitative estimate of drug-likeness (QED) is 0.709. The van der Waals surface area contributed by atoms with E-state index in [1.54, 1.807) is 24.4 Å². The van der Waals surface area contributed by atoms with Crippen LogP contribution < -0.4 is 10.1 Å². The maximum Gasteiger partial charge on any atom is 0.230 e. The first-order chi connectivity index (χ1) is 13.2. The second-order valence-corrected chi connectivity index (χ2v) is 6.69. The first-order valence-electron chi connectivity index (χ1n) is 8.88. The lowest BCUT2D eigenvalue weighted by Crippen LogP contribution is -2.34. The molecule has 1 aliphatic rings. The van der Waals surface area contributed by atoms with Crippen LogP contribution >= 0.6 is 0 Å². The van der Waals surface area contributed by atoms with Crippen LogP contribution in [-0.2, 0) is 16.8 Å². The lowest BCUT2D eigenvalue weighted by Gasteiger charge is -2.16. The minimum absolute atomic E-state index is 0.0477. The summed E-state index contributed by atoms with van der Waals surface area (Å²) < 4.78 is 18.6. The van der Waals surface area contributed by atoms with E-state index in [4.69, 9.17) is 4.74 Å². The van der Waals surface area contributed by atoms with Gasteiger partial charge in [0.15, 0.2) is 0 Å². The van der Waals surface area contributed by atoms with Gasteiger partial charge >= 0.3 is 0 Å². The van der Waals surface area contributed by atoms with E-state index < -0.39 is 0 Å².